The number of hydrogen-bond donors (Lipinski definition) is 0. The summed E-state index contributed by atoms with van der Waals surface area (Å²) in [7, 11) is 0. The molecular formula is C12H12F3N. The van der Waals surface area contributed by atoms with E-state index in [9.17, 15) is 13.2 Å². The third kappa shape index (κ3) is 2.75. The minimum atomic E-state index is -4.41. The number of alkyl halides is 3. The summed E-state index contributed by atoms with van der Waals surface area (Å²) in [5.74, 6) is 0. The van der Waals surface area contributed by atoms with Crippen LogP contribution in [0, 0.1) is 11.3 Å². The predicted octanol–water partition coefficient (Wildman–Crippen LogP) is 3.87. The summed E-state index contributed by atoms with van der Waals surface area (Å²) < 4.78 is 37.7. The molecule has 0 bridgehead atoms. The van der Waals surface area contributed by atoms with Gasteiger partial charge in [0.25, 0.3) is 0 Å². The first-order valence-electron chi connectivity index (χ1n) is 4.77. The van der Waals surface area contributed by atoms with Crippen molar-refractivity contribution in [1.29, 1.82) is 5.26 Å². The van der Waals surface area contributed by atoms with Crippen molar-refractivity contribution < 1.29 is 13.2 Å². The van der Waals surface area contributed by atoms with E-state index in [-0.39, 0.29) is 5.56 Å². The number of hydrogen-bond acceptors (Lipinski definition) is 1. The largest absolute Gasteiger partial charge is 0.416 e. The lowest BCUT2D eigenvalue weighted by Crippen LogP contribution is -2.14. The standard InChI is InChI=1S/C12H12F3N/c1-11(2,3)9-4-8(7-16)5-10(6-9)12(13,14)15/h4-6H,1-3H3. The summed E-state index contributed by atoms with van der Waals surface area (Å²) >= 11 is 0. The number of nitrogens with zero attached hydrogens (tertiary/aromatic N) is 1. The molecular weight excluding hydrogens is 215 g/mol. The average Bonchev–Trinajstić information content (AvgIpc) is 2.14. The van der Waals surface area contributed by atoms with Gasteiger partial charge in [-0.05, 0) is 29.2 Å². The summed E-state index contributed by atoms with van der Waals surface area (Å²) in [6.07, 6.45) is -4.41. The monoisotopic (exact) mass is 227 g/mol. The maximum atomic E-state index is 12.6. The van der Waals surface area contributed by atoms with E-state index in [0.717, 1.165) is 12.1 Å². The molecule has 0 unspecified atom stereocenters. The summed E-state index contributed by atoms with van der Waals surface area (Å²) in [5.41, 5.74) is -0.623. The van der Waals surface area contributed by atoms with Gasteiger partial charge in [0.15, 0.2) is 0 Å². The maximum absolute atomic E-state index is 12.6. The molecule has 16 heavy (non-hydrogen) atoms. The van der Waals surface area contributed by atoms with E-state index >= 15 is 0 Å². The highest BCUT2D eigenvalue weighted by molar-refractivity contribution is 5.41. The molecule has 0 aliphatic carbocycles. The molecule has 1 rings (SSSR count). The fourth-order valence-corrected chi connectivity index (χ4v) is 1.29. The summed E-state index contributed by atoms with van der Waals surface area (Å²) in [4.78, 5) is 0. The highest BCUT2D eigenvalue weighted by Crippen LogP contribution is 2.33. The highest BCUT2D eigenvalue weighted by Gasteiger charge is 2.32. The van der Waals surface area contributed by atoms with Crippen molar-refractivity contribution in [2.75, 3.05) is 0 Å². The Labute approximate surface area is 92.5 Å². The molecule has 1 aromatic rings. The van der Waals surface area contributed by atoms with Crippen molar-refractivity contribution in [2.24, 2.45) is 0 Å². The fourth-order valence-electron chi connectivity index (χ4n) is 1.29. The summed E-state index contributed by atoms with van der Waals surface area (Å²) in [5, 5.41) is 8.70. The number of rotatable bonds is 0. The number of benzene rings is 1. The van der Waals surface area contributed by atoms with Crippen LogP contribution in [0.1, 0.15) is 37.5 Å². The third-order valence-electron chi connectivity index (χ3n) is 2.26. The van der Waals surface area contributed by atoms with E-state index < -0.39 is 17.2 Å². The Kier molecular flexibility index (Phi) is 3.00. The van der Waals surface area contributed by atoms with Gasteiger partial charge in [0.2, 0.25) is 0 Å². The van der Waals surface area contributed by atoms with Gasteiger partial charge < -0.3 is 0 Å². The van der Waals surface area contributed by atoms with Crippen molar-refractivity contribution in [3.05, 3.63) is 34.9 Å². The molecule has 86 valence electrons. The zero-order valence-electron chi connectivity index (χ0n) is 9.31. The van der Waals surface area contributed by atoms with E-state index in [4.69, 9.17) is 5.26 Å². The molecule has 1 nitrogen and oxygen atoms in total. The van der Waals surface area contributed by atoms with E-state index in [1.807, 2.05) is 20.8 Å². The Morgan fingerprint density at radius 1 is 1.00 bits per heavy atom. The van der Waals surface area contributed by atoms with Gasteiger partial charge in [-0.2, -0.15) is 18.4 Å². The lowest BCUT2D eigenvalue weighted by atomic mass is 9.85. The quantitative estimate of drug-likeness (QED) is 0.659. The van der Waals surface area contributed by atoms with Gasteiger partial charge in [-0.1, -0.05) is 20.8 Å². The van der Waals surface area contributed by atoms with Crippen LogP contribution in [-0.2, 0) is 11.6 Å². The van der Waals surface area contributed by atoms with Crippen molar-refractivity contribution in [3.8, 4) is 6.07 Å². The first-order chi connectivity index (χ1) is 7.14. The van der Waals surface area contributed by atoms with Crippen molar-refractivity contribution in [2.45, 2.75) is 32.4 Å². The molecule has 0 radical (unpaired) electrons. The maximum Gasteiger partial charge on any atom is 0.416 e. The Morgan fingerprint density at radius 3 is 1.88 bits per heavy atom. The van der Waals surface area contributed by atoms with Crippen LogP contribution >= 0.6 is 0 Å². The third-order valence-corrected chi connectivity index (χ3v) is 2.26. The van der Waals surface area contributed by atoms with Gasteiger partial charge >= 0.3 is 6.18 Å². The topological polar surface area (TPSA) is 23.8 Å². The van der Waals surface area contributed by atoms with Crippen LogP contribution in [0.3, 0.4) is 0 Å². The van der Waals surface area contributed by atoms with Crippen LogP contribution in [0.15, 0.2) is 18.2 Å². The Bertz CT molecular complexity index is 401. The predicted molar refractivity (Wildman–Crippen MR) is 54.9 cm³/mol. The van der Waals surface area contributed by atoms with E-state index in [2.05, 4.69) is 0 Å². The minimum Gasteiger partial charge on any atom is -0.192 e. The summed E-state index contributed by atoms with van der Waals surface area (Å²) in [6.45, 7) is 5.43. The molecule has 0 saturated heterocycles. The molecule has 0 atom stereocenters. The average molecular weight is 227 g/mol. The van der Waals surface area contributed by atoms with Gasteiger partial charge in [0, 0.05) is 0 Å². The molecule has 0 fully saturated rings. The molecule has 0 N–H and O–H groups in total. The van der Waals surface area contributed by atoms with Gasteiger partial charge in [-0.25, -0.2) is 0 Å². The van der Waals surface area contributed by atoms with Crippen LogP contribution in [0.2, 0.25) is 0 Å². The number of halogens is 3. The van der Waals surface area contributed by atoms with Crippen LogP contribution in [0.25, 0.3) is 0 Å². The summed E-state index contributed by atoms with van der Waals surface area (Å²) in [6, 6.07) is 5.22. The zero-order chi connectivity index (χ0) is 12.6. The molecule has 4 heteroatoms. The van der Waals surface area contributed by atoms with E-state index in [1.54, 1.807) is 6.07 Å². The number of nitriles is 1. The zero-order valence-corrected chi connectivity index (χ0v) is 9.31. The van der Waals surface area contributed by atoms with Gasteiger partial charge in [-0.15, -0.1) is 0 Å². The SMILES string of the molecule is CC(C)(C)c1cc(C#N)cc(C(F)(F)F)c1. The van der Waals surface area contributed by atoms with Crippen LogP contribution in [-0.4, -0.2) is 0 Å². The first kappa shape index (κ1) is 12.6. The molecule has 0 spiro atoms. The fraction of sp³-hybridized carbons (Fsp3) is 0.417. The minimum absolute atomic E-state index is 0.0414. The van der Waals surface area contributed by atoms with Crippen LogP contribution in [0.4, 0.5) is 13.2 Å². The second-order valence-corrected chi connectivity index (χ2v) is 4.66. The molecule has 0 aliphatic rings. The highest BCUT2D eigenvalue weighted by atomic mass is 19.4. The Morgan fingerprint density at radius 2 is 1.50 bits per heavy atom. The second-order valence-electron chi connectivity index (χ2n) is 4.66. The van der Waals surface area contributed by atoms with Crippen molar-refractivity contribution >= 4 is 0 Å². The molecule has 0 saturated carbocycles. The van der Waals surface area contributed by atoms with E-state index in [1.165, 1.54) is 6.07 Å². The van der Waals surface area contributed by atoms with Crippen LogP contribution < -0.4 is 0 Å². The Balaban J connectivity index is 3.41. The lowest BCUT2D eigenvalue weighted by Gasteiger charge is -2.20. The van der Waals surface area contributed by atoms with Gasteiger partial charge in [-0.3, -0.25) is 0 Å². The second kappa shape index (κ2) is 3.82. The molecule has 0 amide bonds. The Hall–Kier alpha value is -1.50. The lowest BCUT2D eigenvalue weighted by molar-refractivity contribution is -0.137. The normalized spacial score (nSPS) is 12.3. The molecule has 0 aliphatic heterocycles. The molecule has 1 aromatic carbocycles. The smallest absolute Gasteiger partial charge is 0.192 e. The first-order valence-corrected chi connectivity index (χ1v) is 4.77. The van der Waals surface area contributed by atoms with Crippen LogP contribution in [0.5, 0.6) is 0 Å². The van der Waals surface area contributed by atoms with Crippen molar-refractivity contribution in [1.82, 2.24) is 0 Å². The molecule has 0 aromatic heterocycles. The van der Waals surface area contributed by atoms with Gasteiger partial charge in [0.1, 0.15) is 0 Å². The van der Waals surface area contributed by atoms with Crippen molar-refractivity contribution in [3.63, 3.8) is 0 Å². The molecule has 0 heterocycles. The van der Waals surface area contributed by atoms with Gasteiger partial charge in [0.05, 0.1) is 17.2 Å². The van der Waals surface area contributed by atoms with E-state index in [0.29, 0.717) is 5.56 Å².